The van der Waals surface area contributed by atoms with Crippen LogP contribution in [0.2, 0.25) is 0 Å². The molecule has 0 bridgehead atoms. The molecule has 0 saturated heterocycles. The number of rotatable bonds is 0. The second kappa shape index (κ2) is 4.61. The van der Waals surface area contributed by atoms with Crippen molar-refractivity contribution in [2.45, 2.75) is 41.8 Å². The highest BCUT2D eigenvalue weighted by Gasteiger charge is 2.24. The van der Waals surface area contributed by atoms with E-state index in [1.165, 1.54) is 12.8 Å². The first-order valence-electron chi connectivity index (χ1n) is 4.02. The Bertz CT molecular complexity index is 147. The second-order valence-corrected chi connectivity index (χ2v) is 5.15. The highest BCUT2D eigenvalue weighted by molar-refractivity contribution is 9.12. The molecule has 0 heterocycles. The zero-order valence-corrected chi connectivity index (χ0v) is 9.53. The van der Waals surface area contributed by atoms with Crippen LogP contribution in [0.5, 0.6) is 0 Å². The van der Waals surface area contributed by atoms with Crippen LogP contribution in [0.4, 0.5) is 0 Å². The van der Waals surface area contributed by atoms with E-state index in [-0.39, 0.29) is 4.83 Å². The number of ketones is 1. The van der Waals surface area contributed by atoms with Crippen LogP contribution in [0.25, 0.3) is 0 Å². The van der Waals surface area contributed by atoms with Crippen molar-refractivity contribution in [2.75, 3.05) is 0 Å². The average molecular weight is 284 g/mol. The molecule has 64 valence electrons. The molecule has 1 rings (SSSR count). The standard InChI is InChI=1S/C8H12Br2O/c9-6-4-2-1-3-5-7(11)8(6)10/h6,8H,1-5H2. The predicted molar refractivity (Wildman–Crippen MR) is 53.5 cm³/mol. The molecule has 0 aromatic heterocycles. The summed E-state index contributed by atoms with van der Waals surface area (Å²) < 4.78 is 0. The van der Waals surface area contributed by atoms with Gasteiger partial charge in [-0.2, -0.15) is 0 Å². The molecule has 0 amide bonds. The predicted octanol–water partition coefficient (Wildman–Crippen LogP) is 3.05. The van der Waals surface area contributed by atoms with Crippen LogP contribution < -0.4 is 0 Å². The molecular formula is C8H12Br2O. The van der Waals surface area contributed by atoms with Gasteiger partial charge in [-0.25, -0.2) is 0 Å². The van der Waals surface area contributed by atoms with Gasteiger partial charge in [0.2, 0.25) is 0 Å². The highest BCUT2D eigenvalue weighted by atomic mass is 79.9. The largest absolute Gasteiger partial charge is 0.298 e. The number of Topliss-reactive ketones (excluding diaryl/α,β-unsaturated/α-hetero) is 1. The lowest BCUT2D eigenvalue weighted by atomic mass is 10.00. The fourth-order valence-electron chi connectivity index (χ4n) is 1.30. The summed E-state index contributed by atoms with van der Waals surface area (Å²) in [5.41, 5.74) is 0. The van der Waals surface area contributed by atoms with Crippen LogP contribution in [-0.4, -0.2) is 15.4 Å². The highest BCUT2D eigenvalue weighted by Crippen LogP contribution is 2.25. The Labute approximate surface area is 84.2 Å². The maximum absolute atomic E-state index is 11.3. The Morgan fingerprint density at radius 1 is 1.18 bits per heavy atom. The van der Waals surface area contributed by atoms with Gasteiger partial charge >= 0.3 is 0 Å². The van der Waals surface area contributed by atoms with E-state index >= 15 is 0 Å². The first-order chi connectivity index (χ1) is 5.22. The zero-order chi connectivity index (χ0) is 8.27. The summed E-state index contributed by atoms with van der Waals surface area (Å²) in [6.45, 7) is 0. The van der Waals surface area contributed by atoms with E-state index < -0.39 is 0 Å². The number of hydrogen-bond donors (Lipinski definition) is 0. The van der Waals surface area contributed by atoms with Crippen molar-refractivity contribution < 1.29 is 4.79 Å². The van der Waals surface area contributed by atoms with E-state index in [4.69, 9.17) is 0 Å². The van der Waals surface area contributed by atoms with Crippen LogP contribution >= 0.6 is 31.9 Å². The third kappa shape index (κ3) is 2.86. The summed E-state index contributed by atoms with van der Waals surface area (Å²) in [5.74, 6) is 0.353. The molecule has 3 heteroatoms. The van der Waals surface area contributed by atoms with E-state index in [0.29, 0.717) is 10.6 Å². The Morgan fingerprint density at radius 3 is 2.64 bits per heavy atom. The lowest BCUT2D eigenvalue weighted by molar-refractivity contribution is -0.118. The van der Waals surface area contributed by atoms with Gasteiger partial charge in [-0.15, -0.1) is 0 Å². The van der Waals surface area contributed by atoms with E-state index in [1.54, 1.807) is 0 Å². The quantitative estimate of drug-likeness (QED) is 0.625. The molecule has 1 aliphatic carbocycles. The van der Waals surface area contributed by atoms with Gasteiger partial charge in [0, 0.05) is 11.2 Å². The lowest BCUT2D eigenvalue weighted by Crippen LogP contribution is -2.25. The fraction of sp³-hybridized carbons (Fsp3) is 0.875. The fourth-order valence-corrected chi connectivity index (χ4v) is 2.41. The molecule has 11 heavy (non-hydrogen) atoms. The van der Waals surface area contributed by atoms with Gasteiger partial charge in [0.15, 0.2) is 0 Å². The first-order valence-corrected chi connectivity index (χ1v) is 5.86. The molecular weight excluding hydrogens is 272 g/mol. The summed E-state index contributed by atoms with van der Waals surface area (Å²) in [7, 11) is 0. The van der Waals surface area contributed by atoms with Crippen LogP contribution in [0, 0.1) is 0 Å². The minimum Gasteiger partial charge on any atom is -0.298 e. The van der Waals surface area contributed by atoms with Gasteiger partial charge < -0.3 is 0 Å². The molecule has 1 aliphatic rings. The maximum Gasteiger partial charge on any atom is 0.147 e. The summed E-state index contributed by atoms with van der Waals surface area (Å²) in [6.07, 6.45) is 5.37. The summed E-state index contributed by atoms with van der Waals surface area (Å²) >= 11 is 6.92. The van der Waals surface area contributed by atoms with Crippen molar-refractivity contribution in [1.29, 1.82) is 0 Å². The normalized spacial score (nSPS) is 34.5. The van der Waals surface area contributed by atoms with E-state index in [2.05, 4.69) is 31.9 Å². The SMILES string of the molecule is O=C1CCCCCC(Br)C1Br. The molecule has 1 saturated carbocycles. The number of carbonyl (C=O) groups is 1. The van der Waals surface area contributed by atoms with Gasteiger partial charge in [-0.1, -0.05) is 44.7 Å². The maximum atomic E-state index is 11.3. The Hall–Kier alpha value is 0.630. The number of carbonyl (C=O) groups excluding carboxylic acids is 1. The monoisotopic (exact) mass is 282 g/mol. The molecule has 2 unspecified atom stereocenters. The van der Waals surface area contributed by atoms with Crippen LogP contribution in [-0.2, 0) is 4.79 Å². The molecule has 0 radical (unpaired) electrons. The molecule has 0 aromatic rings. The topological polar surface area (TPSA) is 17.1 Å². The summed E-state index contributed by atoms with van der Waals surface area (Å²) in [4.78, 5) is 11.7. The summed E-state index contributed by atoms with van der Waals surface area (Å²) in [5, 5.41) is 0. The van der Waals surface area contributed by atoms with Crippen molar-refractivity contribution in [1.82, 2.24) is 0 Å². The molecule has 0 aliphatic heterocycles. The number of halogens is 2. The van der Waals surface area contributed by atoms with E-state index in [1.807, 2.05) is 0 Å². The molecule has 0 aromatic carbocycles. The van der Waals surface area contributed by atoms with Gasteiger partial charge in [0.25, 0.3) is 0 Å². The summed E-state index contributed by atoms with van der Waals surface area (Å²) in [6, 6.07) is 0. The Balaban J connectivity index is 2.49. The van der Waals surface area contributed by atoms with Crippen molar-refractivity contribution >= 4 is 37.6 Å². The lowest BCUT2D eigenvalue weighted by Gasteiger charge is -2.18. The molecule has 2 atom stereocenters. The van der Waals surface area contributed by atoms with Crippen molar-refractivity contribution in [3.05, 3.63) is 0 Å². The Kier molecular flexibility index (Phi) is 4.07. The first kappa shape index (κ1) is 9.72. The van der Waals surface area contributed by atoms with Gasteiger partial charge in [0.1, 0.15) is 5.78 Å². The van der Waals surface area contributed by atoms with Gasteiger partial charge in [-0.05, 0) is 12.8 Å². The smallest absolute Gasteiger partial charge is 0.147 e. The minimum atomic E-state index is 0.0443. The molecule has 1 nitrogen and oxygen atoms in total. The third-order valence-electron chi connectivity index (χ3n) is 2.03. The van der Waals surface area contributed by atoms with Crippen molar-refractivity contribution in [3.63, 3.8) is 0 Å². The third-order valence-corrected chi connectivity index (χ3v) is 4.87. The Morgan fingerprint density at radius 2 is 1.91 bits per heavy atom. The van der Waals surface area contributed by atoms with Gasteiger partial charge in [-0.3, -0.25) is 4.79 Å². The van der Waals surface area contributed by atoms with E-state index in [0.717, 1.165) is 19.3 Å². The van der Waals surface area contributed by atoms with Crippen molar-refractivity contribution in [3.8, 4) is 0 Å². The van der Waals surface area contributed by atoms with E-state index in [9.17, 15) is 4.79 Å². The average Bonchev–Trinajstić information content (AvgIpc) is 2.00. The number of hydrogen-bond acceptors (Lipinski definition) is 1. The molecule has 0 N–H and O–H groups in total. The number of alkyl halides is 2. The molecule has 0 spiro atoms. The van der Waals surface area contributed by atoms with Crippen LogP contribution in [0.3, 0.4) is 0 Å². The van der Waals surface area contributed by atoms with Gasteiger partial charge in [0.05, 0.1) is 4.83 Å². The van der Waals surface area contributed by atoms with Crippen LogP contribution in [0.1, 0.15) is 32.1 Å². The molecule has 1 fully saturated rings. The van der Waals surface area contributed by atoms with Crippen LogP contribution in [0.15, 0.2) is 0 Å². The van der Waals surface area contributed by atoms with Crippen molar-refractivity contribution in [2.24, 2.45) is 0 Å². The second-order valence-electron chi connectivity index (χ2n) is 2.98. The zero-order valence-electron chi connectivity index (χ0n) is 6.35. The minimum absolute atomic E-state index is 0.0443.